The first-order chi connectivity index (χ1) is 14.7. The monoisotopic (exact) mass is 483 g/mol. The number of ether oxygens (including phenoxy) is 3. The lowest BCUT2D eigenvalue weighted by molar-refractivity contribution is -0.337. The van der Waals surface area contributed by atoms with Crippen molar-refractivity contribution in [2.24, 2.45) is 5.73 Å². The van der Waals surface area contributed by atoms with Crippen LogP contribution in [-0.4, -0.2) is 79.3 Å². The molecule has 0 radical (unpaired) electrons. The molecule has 1 atom stereocenters. The van der Waals surface area contributed by atoms with E-state index in [0.717, 1.165) is 0 Å². The molecule has 1 saturated heterocycles. The second-order valence-electron chi connectivity index (χ2n) is 8.45. The maximum atomic E-state index is 13.0. The molecule has 182 valence electrons. The maximum Gasteiger partial charge on any atom is 0.523 e. The van der Waals surface area contributed by atoms with Crippen LogP contribution in [-0.2, 0) is 19.0 Å². The average Bonchev–Trinajstić information content (AvgIpc) is 2.65. The summed E-state index contributed by atoms with van der Waals surface area (Å²) in [5.41, 5.74) is 5.19. The van der Waals surface area contributed by atoms with Crippen LogP contribution in [0.25, 0.3) is 0 Å². The van der Waals surface area contributed by atoms with E-state index in [1.54, 1.807) is 27.7 Å². The van der Waals surface area contributed by atoms with Gasteiger partial charge >= 0.3 is 18.4 Å². The molecule has 0 spiro atoms. The molecule has 1 aliphatic carbocycles. The number of carbonyl (C=O) groups excluding carboxylic acids is 2. The lowest BCUT2D eigenvalue weighted by Crippen LogP contribution is -2.51. The molecule has 0 aromatic rings. The first-order valence-electron chi connectivity index (χ1n) is 10.2. The SMILES string of the molecule is CCOC(=O)C1=C(N)C(Cl)=C(CN2CCN(C(=O)OC(C)(C)C)CC2)C(OC(F)(F)F)C1. The van der Waals surface area contributed by atoms with Gasteiger partial charge in [0.15, 0.2) is 0 Å². The number of allylic oxidation sites excluding steroid dienone is 1. The van der Waals surface area contributed by atoms with Gasteiger partial charge in [-0.1, -0.05) is 11.6 Å². The van der Waals surface area contributed by atoms with E-state index in [9.17, 15) is 22.8 Å². The normalized spacial score (nSPS) is 21.1. The molecule has 1 heterocycles. The highest BCUT2D eigenvalue weighted by atomic mass is 35.5. The Kier molecular flexibility index (Phi) is 8.46. The molecule has 1 unspecified atom stereocenters. The van der Waals surface area contributed by atoms with Crippen LogP contribution in [0.4, 0.5) is 18.0 Å². The second kappa shape index (κ2) is 10.3. The molecule has 0 aromatic heterocycles. The molecule has 12 heteroatoms. The van der Waals surface area contributed by atoms with Crippen LogP contribution in [0.1, 0.15) is 34.1 Å². The van der Waals surface area contributed by atoms with E-state index in [4.69, 9.17) is 26.8 Å². The number of esters is 1. The molecule has 1 aliphatic heterocycles. The standard InChI is InChI=1S/C20H29ClF3N3O5/c1-5-30-17(28)12-10-14(31-20(22,23)24)13(15(21)16(12)25)11-26-6-8-27(9-7-26)18(29)32-19(2,3)4/h14H,5-11,25H2,1-4H3. The molecule has 32 heavy (non-hydrogen) atoms. The highest BCUT2D eigenvalue weighted by Gasteiger charge is 2.41. The summed E-state index contributed by atoms with van der Waals surface area (Å²) >= 11 is 6.30. The lowest BCUT2D eigenvalue weighted by Gasteiger charge is -2.37. The van der Waals surface area contributed by atoms with Crippen molar-refractivity contribution in [2.45, 2.75) is 52.2 Å². The van der Waals surface area contributed by atoms with Gasteiger partial charge in [0.05, 0.1) is 29.0 Å². The van der Waals surface area contributed by atoms with Gasteiger partial charge in [-0.05, 0) is 33.3 Å². The molecule has 0 aromatic carbocycles. The summed E-state index contributed by atoms with van der Waals surface area (Å²) in [5, 5.41) is -0.150. The van der Waals surface area contributed by atoms with Crippen molar-refractivity contribution in [3.05, 3.63) is 21.9 Å². The number of hydrogen-bond acceptors (Lipinski definition) is 7. The van der Waals surface area contributed by atoms with Gasteiger partial charge < -0.3 is 20.1 Å². The quantitative estimate of drug-likeness (QED) is 0.600. The summed E-state index contributed by atoms with van der Waals surface area (Å²) in [6, 6.07) is 0. The summed E-state index contributed by atoms with van der Waals surface area (Å²) < 4.78 is 53.6. The number of halogens is 4. The number of rotatable bonds is 5. The number of nitrogens with two attached hydrogens (primary N) is 1. The number of piperazine rings is 1. The molecule has 0 bridgehead atoms. The zero-order valence-electron chi connectivity index (χ0n) is 18.6. The van der Waals surface area contributed by atoms with Crippen LogP contribution in [0.3, 0.4) is 0 Å². The van der Waals surface area contributed by atoms with E-state index in [1.165, 1.54) is 4.90 Å². The van der Waals surface area contributed by atoms with Gasteiger partial charge in [0, 0.05) is 39.1 Å². The fourth-order valence-corrected chi connectivity index (χ4v) is 3.67. The fourth-order valence-electron chi connectivity index (χ4n) is 3.38. The van der Waals surface area contributed by atoms with Crippen LogP contribution in [0.5, 0.6) is 0 Å². The van der Waals surface area contributed by atoms with E-state index < -0.39 is 36.6 Å². The average molecular weight is 484 g/mol. The molecule has 8 nitrogen and oxygen atoms in total. The van der Waals surface area contributed by atoms with Crippen molar-refractivity contribution in [3.8, 4) is 0 Å². The van der Waals surface area contributed by atoms with Crippen LogP contribution >= 0.6 is 11.6 Å². The summed E-state index contributed by atoms with van der Waals surface area (Å²) in [6.07, 6.45) is -7.31. The van der Waals surface area contributed by atoms with Crippen molar-refractivity contribution >= 4 is 23.7 Å². The highest BCUT2D eigenvalue weighted by molar-refractivity contribution is 6.33. The van der Waals surface area contributed by atoms with Gasteiger partial charge in [0.2, 0.25) is 0 Å². The van der Waals surface area contributed by atoms with Gasteiger partial charge in [-0.3, -0.25) is 9.64 Å². The molecule has 1 fully saturated rings. The van der Waals surface area contributed by atoms with Crippen LogP contribution in [0.2, 0.25) is 0 Å². The van der Waals surface area contributed by atoms with Gasteiger partial charge in [0.1, 0.15) is 5.60 Å². The minimum Gasteiger partial charge on any atom is -0.463 e. The number of nitrogens with zero attached hydrogens (tertiary/aromatic N) is 2. The largest absolute Gasteiger partial charge is 0.523 e. The predicted octanol–water partition coefficient (Wildman–Crippen LogP) is 3.12. The Morgan fingerprint density at radius 1 is 1.16 bits per heavy atom. The Labute approximate surface area is 190 Å². The zero-order chi connectivity index (χ0) is 24.3. The third-order valence-corrected chi connectivity index (χ3v) is 5.28. The minimum atomic E-state index is -4.94. The second-order valence-corrected chi connectivity index (χ2v) is 8.83. The van der Waals surface area contributed by atoms with Crippen molar-refractivity contribution < 1.29 is 37.0 Å². The Bertz CT molecular complexity index is 784. The fraction of sp³-hybridized carbons (Fsp3) is 0.700. The Morgan fingerprint density at radius 3 is 2.25 bits per heavy atom. The Morgan fingerprint density at radius 2 is 1.75 bits per heavy atom. The van der Waals surface area contributed by atoms with E-state index in [0.29, 0.717) is 26.2 Å². The van der Waals surface area contributed by atoms with Crippen molar-refractivity contribution in [1.82, 2.24) is 9.80 Å². The molecule has 2 aliphatic rings. The summed E-state index contributed by atoms with van der Waals surface area (Å²) in [7, 11) is 0. The predicted molar refractivity (Wildman–Crippen MR) is 111 cm³/mol. The van der Waals surface area contributed by atoms with Crippen molar-refractivity contribution in [3.63, 3.8) is 0 Å². The minimum absolute atomic E-state index is 0.0382. The molecular formula is C20H29ClF3N3O5. The van der Waals surface area contributed by atoms with Gasteiger partial charge in [-0.25, -0.2) is 9.59 Å². The van der Waals surface area contributed by atoms with Gasteiger partial charge in [-0.2, -0.15) is 0 Å². The van der Waals surface area contributed by atoms with E-state index >= 15 is 0 Å². The molecule has 2 rings (SSSR count). The maximum absolute atomic E-state index is 13.0. The third kappa shape index (κ3) is 7.28. The first kappa shape index (κ1) is 26.3. The number of hydrogen-bond donors (Lipinski definition) is 1. The topological polar surface area (TPSA) is 94.3 Å². The lowest BCUT2D eigenvalue weighted by atomic mass is 9.92. The summed E-state index contributed by atoms with van der Waals surface area (Å²) in [6.45, 7) is 8.40. The van der Waals surface area contributed by atoms with E-state index in [1.807, 2.05) is 4.90 Å². The Balaban J connectivity index is 2.16. The van der Waals surface area contributed by atoms with Gasteiger partial charge in [-0.15, -0.1) is 13.2 Å². The summed E-state index contributed by atoms with van der Waals surface area (Å²) in [5.74, 6) is -0.830. The number of carbonyl (C=O) groups is 2. The van der Waals surface area contributed by atoms with Crippen LogP contribution in [0, 0.1) is 0 Å². The summed E-state index contributed by atoms with van der Waals surface area (Å²) in [4.78, 5) is 27.7. The smallest absolute Gasteiger partial charge is 0.463 e. The van der Waals surface area contributed by atoms with Crippen molar-refractivity contribution in [1.29, 1.82) is 0 Å². The van der Waals surface area contributed by atoms with Crippen molar-refractivity contribution in [2.75, 3.05) is 39.3 Å². The third-order valence-electron chi connectivity index (χ3n) is 4.84. The zero-order valence-corrected chi connectivity index (χ0v) is 19.3. The molecular weight excluding hydrogens is 455 g/mol. The Hall–Kier alpha value is -1.98. The van der Waals surface area contributed by atoms with Crippen LogP contribution < -0.4 is 5.73 Å². The molecule has 0 saturated carbocycles. The van der Waals surface area contributed by atoms with Gasteiger partial charge in [0.25, 0.3) is 0 Å². The van der Waals surface area contributed by atoms with Crippen LogP contribution in [0.15, 0.2) is 21.9 Å². The highest BCUT2D eigenvalue weighted by Crippen LogP contribution is 2.36. The van der Waals surface area contributed by atoms with E-state index in [2.05, 4.69) is 4.74 Å². The number of amides is 1. The van der Waals surface area contributed by atoms with E-state index in [-0.39, 0.29) is 35.0 Å². The first-order valence-corrected chi connectivity index (χ1v) is 10.6. The number of alkyl halides is 3. The molecule has 2 N–H and O–H groups in total. The molecule has 1 amide bonds.